The number of fused-ring (bicyclic) bond motifs is 1. The van der Waals surface area contributed by atoms with E-state index in [2.05, 4.69) is 15.7 Å². The standard InChI is InChI=1S/C18H20F3N5O2/c1-3-10(2)23-17(27)12-8-22-26-5-4-25(9-15(12)26)18(28)24-11-6-13(19)16(21)14(20)7-11/h6-8,10H,3-5,9H2,1-2H3,(H,23,27)(H,24,28). The third-order valence-electron chi connectivity index (χ3n) is 4.63. The fourth-order valence-electron chi connectivity index (χ4n) is 2.84. The second kappa shape index (κ2) is 7.91. The number of carbonyl (C=O) groups excluding carboxylic acids is 2. The molecule has 0 saturated heterocycles. The number of rotatable bonds is 4. The fourth-order valence-corrected chi connectivity index (χ4v) is 2.84. The molecule has 1 aromatic heterocycles. The van der Waals surface area contributed by atoms with Gasteiger partial charge in [-0.25, -0.2) is 18.0 Å². The van der Waals surface area contributed by atoms with Crippen LogP contribution in [0.3, 0.4) is 0 Å². The van der Waals surface area contributed by atoms with Gasteiger partial charge in [0.15, 0.2) is 17.5 Å². The van der Waals surface area contributed by atoms with Crippen molar-refractivity contribution in [1.82, 2.24) is 20.0 Å². The molecule has 0 aliphatic carbocycles. The molecule has 0 spiro atoms. The summed E-state index contributed by atoms with van der Waals surface area (Å²) in [5.74, 6) is -4.66. The van der Waals surface area contributed by atoms with Crippen molar-refractivity contribution < 1.29 is 22.8 Å². The monoisotopic (exact) mass is 395 g/mol. The Balaban J connectivity index is 1.73. The molecule has 2 aromatic rings. The number of anilines is 1. The first kappa shape index (κ1) is 19.7. The summed E-state index contributed by atoms with van der Waals surface area (Å²) < 4.78 is 41.3. The van der Waals surface area contributed by atoms with Crippen molar-refractivity contribution in [3.05, 3.63) is 47.0 Å². The lowest BCUT2D eigenvalue weighted by atomic mass is 10.1. The SMILES string of the molecule is CCC(C)NC(=O)c1cnn2c1CN(C(=O)Nc1cc(F)c(F)c(F)c1)CC2. The lowest BCUT2D eigenvalue weighted by molar-refractivity contribution is 0.0936. The van der Waals surface area contributed by atoms with Gasteiger partial charge in [0.25, 0.3) is 5.91 Å². The molecule has 1 aromatic carbocycles. The Kier molecular flexibility index (Phi) is 5.57. The largest absolute Gasteiger partial charge is 0.349 e. The Morgan fingerprint density at radius 3 is 2.54 bits per heavy atom. The molecular weight excluding hydrogens is 375 g/mol. The molecule has 3 amide bonds. The Morgan fingerprint density at radius 1 is 1.21 bits per heavy atom. The van der Waals surface area contributed by atoms with Crippen LogP contribution in [0.1, 0.15) is 36.3 Å². The van der Waals surface area contributed by atoms with E-state index in [0.29, 0.717) is 36.5 Å². The third kappa shape index (κ3) is 3.95. The van der Waals surface area contributed by atoms with E-state index in [-0.39, 0.29) is 24.2 Å². The lowest BCUT2D eigenvalue weighted by Crippen LogP contribution is -2.42. The molecule has 1 aliphatic rings. The first-order valence-electron chi connectivity index (χ1n) is 8.86. The van der Waals surface area contributed by atoms with Crippen molar-refractivity contribution >= 4 is 17.6 Å². The van der Waals surface area contributed by atoms with Gasteiger partial charge in [-0.2, -0.15) is 5.10 Å². The molecule has 10 heteroatoms. The summed E-state index contributed by atoms with van der Waals surface area (Å²) in [7, 11) is 0. The minimum Gasteiger partial charge on any atom is -0.349 e. The summed E-state index contributed by atoms with van der Waals surface area (Å²) in [6.45, 7) is 4.59. The van der Waals surface area contributed by atoms with Crippen molar-refractivity contribution in [2.24, 2.45) is 0 Å². The van der Waals surface area contributed by atoms with E-state index in [1.54, 1.807) is 4.68 Å². The minimum atomic E-state index is -1.60. The average Bonchev–Trinajstić information content (AvgIpc) is 3.09. The van der Waals surface area contributed by atoms with Crippen molar-refractivity contribution in [3.8, 4) is 0 Å². The zero-order chi connectivity index (χ0) is 20.4. The summed E-state index contributed by atoms with van der Waals surface area (Å²) in [6.07, 6.45) is 2.23. The van der Waals surface area contributed by atoms with Crippen LogP contribution in [0, 0.1) is 17.5 Å². The molecule has 1 atom stereocenters. The molecule has 0 radical (unpaired) electrons. The number of benzene rings is 1. The van der Waals surface area contributed by atoms with Crippen LogP contribution in [-0.4, -0.2) is 39.2 Å². The predicted molar refractivity (Wildman–Crippen MR) is 95.2 cm³/mol. The van der Waals surface area contributed by atoms with E-state index in [1.165, 1.54) is 11.1 Å². The van der Waals surface area contributed by atoms with E-state index in [9.17, 15) is 22.8 Å². The predicted octanol–water partition coefficient (Wildman–Crippen LogP) is 2.88. The van der Waals surface area contributed by atoms with Crippen LogP contribution in [0.2, 0.25) is 0 Å². The summed E-state index contributed by atoms with van der Waals surface area (Å²) in [6, 6.07) is 0.783. The van der Waals surface area contributed by atoms with Crippen LogP contribution in [0.25, 0.3) is 0 Å². The molecule has 2 heterocycles. The highest BCUT2D eigenvalue weighted by molar-refractivity contribution is 5.95. The number of urea groups is 1. The molecule has 3 rings (SSSR count). The van der Waals surface area contributed by atoms with Gasteiger partial charge in [-0.1, -0.05) is 6.92 Å². The van der Waals surface area contributed by atoms with Crippen LogP contribution in [0.4, 0.5) is 23.7 Å². The molecule has 2 N–H and O–H groups in total. The van der Waals surface area contributed by atoms with Gasteiger partial charge in [-0.05, 0) is 13.3 Å². The topological polar surface area (TPSA) is 79.3 Å². The normalized spacial score (nSPS) is 14.4. The van der Waals surface area contributed by atoms with Crippen LogP contribution >= 0.6 is 0 Å². The van der Waals surface area contributed by atoms with E-state index in [0.717, 1.165) is 6.42 Å². The first-order valence-corrected chi connectivity index (χ1v) is 8.86. The number of hydrogen-bond acceptors (Lipinski definition) is 3. The van der Waals surface area contributed by atoms with Crippen LogP contribution in [0.15, 0.2) is 18.3 Å². The van der Waals surface area contributed by atoms with Crippen LogP contribution in [0.5, 0.6) is 0 Å². The van der Waals surface area contributed by atoms with Gasteiger partial charge in [0.05, 0.1) is 30.5 Å². The lowest BCUT2D eigenvalue weighted by Gasteiger charge is -2.28. The summed E-state index contributed by atoms with van der Waals surface area (Å²) >= 11 is 0. The highest BCUT2D eigenvalue weighted by atomic mass is 19.2. The van der Waals surface area contributed by atoms with Crippen LogP contribution < -0.4 is 10.6 Å². The molecule has 1 unspecified atom stereocenters. The number of nitrogens with one attached hydrogen (secondary N) is 2. The fraction of sp³-hybridized carbons (Fsp3) is 0.389. The van der Waals surface area contributed by atoms with E-state index < -0.39 is 23.5 Å². The van der Waals surface area contributed by atoms with E-state index in [1.807, 2.05) is 13.8 Å². The minimum absolute atomic E-state index is 0.00527. The van der Waals surface area contributed by atoms with Crippen LogP contribution in [-0.2, 0) is 13.1 Å². The third-order valence-corrected chi connectivity index (χ3v) is 4.63. The smallest absolute Gasteiger partial charge is 0.322 e. The summed E-state index contributed by atoms with van der Waals surface area (Å²) in [5, 5.41) is 9.38. The average molecular weight is 395 g/mol. The van der Waals surface area contributed by atoms with E-state index in [4.69, 9.17) is 0 Å². The molecule has 150 valence electrons. The molecular formula is C18H20F3N5O2. The van der Waals surface area contributed by atoms with E-state index >= 15 is 0 Å². The van der Waals surface area contributed by atoms with Crippen molar-refractivity contribution in [2.45, 2.75) is 39.4 Å². The van der Waals surface area contributed by atoms with Crippen molar-refractivity contribution in [3.63, 3.8) is 0 Å². The quantitative estimate of drug-likeness (QED) is 0.782. The highest BCUT2D eigenvalue weighted by Gasteiger charge is 2.27. The molecule has 7 nitrogen and oxygen atoms in total. The Hall–Kier alpha value is -3.04. The van der Waals surface area contributed by atoms with Gasteiger partial charge in [0.1, 0.15) is 0 Å². The number of aromatic nitrogens is 2. The van der Waals surface area contributed by atoms with Gasteiger partial charge in [0.2, 0.25) is 0 Å². The molecule has 0 fully saturated rings. The zero-order valence-corrected chi connectivity index (χ0v) is 15.4. The Bertz CT molecular complexity index is 892. The zero-order valence-electron chi connectivity index (χ0n) is 15.4. The maximum absolute atomic E-state index is 13.3. The van der Waals surface area contributed by atoms with Gasteiger partial charge >= 0.3 is 6.03 Å². The van der Waals surface area contributed by atoms with Crippen molar-refractivity contribution in [2.75, 3.05) is 11.9 Å². The number of amides is 3. The molecule has 0 bridgehead atoms. The first-order chi connectivity index (χ1) is 13.3. The number of halogens is 3. The molecule has 28 heavy (non-hydrogen) atoms. The second-order valence-electron chi connectivity index (χ2n) is 6.62. The van der Waals surface area contributed by atoms with Gasteiger partial charge < -0.3 is 15.5 Å². The summed E-state index contributed by atoms with van der Waals surface area (Å²) in [4.78, 5) is 26.3. The maximum atomic E-state index is 13.3. The summed E-state index contributed by atoms with van der Waals surface area (Å²) in [5.41, 5.74) is 0.741. The van der Waals surface area contributed by atoms with Gasteiger partial charge in [-0.3, -0.25) is 9.48 Å². The van der Waals surface area contributed by atoms with Gasteiger partial charge in [-0.15, -0.1) is 0 Å². The van der Waals surface area contributed by atoms with Gasteiger partial charge in [0, 0.05) is 30.4 Å². The van der Waals surface area contributed by atoms with Crippen molar-refractivity contribution in [1.29, 1.82) is 0 Å². The Labute approximate surface area is 159 Å². The molecule has 0 saturated carbocycles. The Morgan fingerprint density at radius 2 is 1.89 bits per heavy atom. The number of carbonyl (C=O) groups is 2. The highest BCUT2D eigenvalue weighted by Crippen LogP contribution is 2.20. The molecule has 1 aliphatic heterocycles. The number of hydrogen-bond donors (Lipinski definition) is 2. The maximum Gasteiger partial charge on any atom is 0.322 e. The number of nitrogens with zero attached hydrogens (tertiary/aromatic N) is 3. The second-order valence-corrected chi connectivity index (χ2v) is 6.62.